The first-order valence-electron chi connectivity index (χ1n) is 5.45. The van der Waals surface area contributed by atoms with E-state index in [4.69, 9.17) is 0 Å². The minimum absolute atomic E-state index is 0.131. The lowest BCUT2D eigenvalue weighted by Gasteiger charge is -2.33. The number of piperidine rings is 1. The molecular weight excluding hydrogens is 195 g/mol. The normalized spacial score (nSPS) is 28.2. The third-order valence-corrected chi connectivity index (χ3v) is 3.00. The van der Waals surface area contributed by atoms with Gasteiger partial charge in [0.15, 0.2) is 0 Å². The van der Waals surface area contributed by atoms with Gasteiger partial charge in [-0.3, -0.25) is 0 Å². The first-order valence-corrected chi connectivity index (χ1v) is 5.45. The molecule has 84 valence electrons. The average Bonchev–Trinajstić information content (AvgIpc) is 2.64. The van der Waals surface area contributed by atoms with Gasteiger partial charge in [0.25, 0.3) is 0 Å². The summed E-state index contributed by atoms with van der Waals surface area (Å²) in [6, 6.07) is -0.131. The highest BCUT2D eigenvalue weighted by Gasteiger charge is 2.30. The Balaban J connectivity index is 2.05. The van der Waals surface area contributed by atoms with Crippen molar-refractivity contribution in [2.24, 2.45) is 0 Å². The molecule has 1 aliphatic heterocycles. The van der Waals surface area contributed by atoms with Gasteiger partial charge in [0.2, 0.25) is 0 Å². The molecule has 0 N–H and O–H groups in total. The van der Waals surface area contributed by atoms with Crippen LogP contribution in [0.2, 0.25) is 0 Å². The van der Waals surface area contributed by atoms with Gasteiger partial charge >= 0.3 is 0 Å². The molecule has 1 aliphatic rings. The van der Waals surface area contributed by atoms with Crippen LogP contribution in [-0.2, 0) is 0 Å². The smallest absolute Gasteiger partial charge is 0.135 e. The predicted molar refractivity (Wildman–Crippen MR) is 55.4 cm³/mol. The van der Waals surface area contributed by atoms with E-state index in [1.165, 1.54) is 0 Å². The zero-order chi connectivity index (χ0) is 10.8. The van der Waals surface area contributed by atoms with E-state index < -0.39 is 6.17 Å². The Bertz CT molecular complexity index is 325. The summed E-state index contributed by atoms with van der Waals surface area (Å²) in [5.41, 5.74) is 0.847. The molecular formula is C10H17FN4. The van der Waals surface area contributed by atoms with Crippen molar-refractivity contribution < 1.29 is 4.39 Å². The number of likely N-dealkylation sites (tertiary alicyclic amines) is 1. The molecule has 0 spiro atoms. The zero-order valence-electron chi connectivity index (χ0n) is 9.23. The third-order valence-electron chi connectivity index (χ3n) is 3.00. The number of aryl methyl sites for hydroxylation is 1. The molecule has 1 aromatic heterocycles. The number of aromatic nitrogens is 3. The Kier molecular flexibility index (Phi) is 3.00. The summed E-state index contributed by atoms with van der Waals surface area (Å²) in [5.74, 6) is 0. The van der Waals surface area contributed by atoms with Gasteiger partial charge in [-0.05, 0) is 19.9 Å². The van der Waals surface area contributed by atoms with Crippen molar-refractivity contribution in [3.63, 3.8) is 0 Å². The van der Waals surface area contributed by atoms with Crippen LogP contribution in [0, 0.1) is 6.92 Å². The second-order valence-corrected chi connectivity index (χ2v) is 4.11. The molecule has 0 aliphatic carbocycles. The molecule has 2 atom stereocenters. The van der Waals surface area contributed by atoms with Crippen LogP contribution in [-0.4, -0.2) is 45.7 Å². The Morgan fingerprint density at radius 2 is 2.40 bits per heavy atom. The molecule has 0 bridgehead atoms. The maximum absolute atomic E-state index is 13.8. The maximum atomic E-state index is 13.8. The minimum atomic E-state index is -0.834. The van der Waals surface area contributed by atoms with E-state index in [1.54, 1.807) is 4.68 Å². The quantitative estimate of drug-likeness (QED) is 0.738. The molecule has 1 aromatic rings. The maximum Gasteiger partial charge on any atom is 0.135 e. The molecule has 0 radical (unpaired) electrons. The van der Waals surface area contributed by atoms with Crippen molar-refractivity contribution in [3.8, 4) is 0 Å². The number of hydrogen-bond acceptors (Lipinski definition) is 3. The van der Waals surface area contributed by atoms with Crippen LogP contribution < -0.4 is 0 Å². The summed E-state index contributed by atoms with van der Waals surface area (Å²) in [6.45, 7) is 6.31. The first-order chi connectivity index (χ1) is 7.20. The standard InChI is InChI=1S/C10H17FN4/c1-3-14-5-4-10(9(11)7-14)15-6-8(2)12-13-15/h6,9-10H,3-5,7H2,1-2H3/t9-,10-/m1/s1. The van der Waals surface area contributed by atoms with E-state index >= 15 is 0 Å². The number of rotatable bonds is 2. The molecule has 2 heterocycles. The lowest BCUT2D eigenvalue weighted by atomic mass is 10.0. The van der Waals surface area contributed by atoms with E-state index in [-0.39, 0.29) is 6.04 Å². The summed E-state index contributed by atoms with van der Waals surface area (Å²) in [7, 11) is 0. The Labute approximate surface area is 89.1 Å². The van der Waals surface area contributed by atoms with Gasteiger partial charge in [0.1, 0.15) is 6.17 Å². The summed E-state index contributed by atoms with van der Waals surface area (Å²) in [5, 5.41) is 7.85. The Morgan fingerprint density at radius 3 is 2.93 bits per heavy atom. The largest absolute Gasteiger partial charge is 0.301 e. The SMILES string of the molecule is CCN1CC[C@@H](n2cc(C)nn2)[C@H](F)C1. The van der Waals surface area contributed by atoms with Gasteiger partial charge in [-0.2, -0.15) is 0 Å². The third kappa shape index (κ3) is 2.17. The van der Waals surface area contributed by atoms with Crippen LogP contribution in [0.4, 0.5) is 4.39 Å². The Hall–Kier alpha value is -0.970. The highest BCUT2D eigenvalue weighted by Crippen LogP contribution is 2.24. The van der Waals surface area contributed by atoms with Crippen molar-refractivity contribution >= 4 is 0 Å². The highest BCUT2D eigenvalue weighted by molar-refractivity contribution is 4.92. The van der Waals surface area contributed by atoms with Gasteiger partial charge in [0, 0.05) is 19.3 Å². The molecule has 0 saturated carbocycles. The lowest BCUT2D eigenvalue weighted by molar-refractivity contribution is 0.0865. The highest BCUT2D eigenvalue weighted by atomic mass is 19.1. The average molecular weight is 212 g/mol. The molecule has 1 fully saturated rings. The van der Waals surface area contributed by atoms with Crippen molar-refractivity contribution in [3.05, 3.63) is 11.9 Å². The molecule has 1 saturated heterocycles. The van der Waals surface area contributed by atoms with Gasteiger partial charge in [0.05, 0.1) is 11.7 Å². The van der Waals surface area contributed by atoms with Crippen LogP contribution in [0.1, 0.15) is 25.1 Å². The second kappa shape index (κ2) is 4.26. The van der Waals surface area contributed by atoms with Gasteiger partial charge in [-0.1, -0.05) is 12.1 Å². The van der Waals surface area contributed by atoms with E-state index in [9.17, 15) is 4.39 Å². The summed E-state index contributed by atoms with van der Waals surface area (Å²) in [6.07, 6.45) is 1.80. The van der Waals surface area contributed by atoms with Crippen LogP contribution in [0.5, 0.6) is 0 Å². The topological polar surface area (TPSA) is 34.0 Å². The molecule has 0 unspecified atom stereocenters. The summed E-state index contributed by atoms with van der Waals surface area (Å²) < 4.78 is 15.5. The Morgan fingerprint density at radius 1 is 1.60 bits per heavy atom. The van der Waals surface area contributed by atoms with E-state index in [0.29, 0.717) is 6.54 Å². The monoisotopic (exact) mass is 212 g/mol. The first kappa shape index (κ1) is 10.5. The van der Waals surface area contributed by atoms with E-state index in [0.717, 1.165) is 25.2 Å². The fourth-order valence-corrected chi connectivity index (χ4v) is 2.07. The predicted octanol–water partition coefficient (Wildman–Crippen LogP) is 1.19. The van der Waals surface area contributed by atoms with Gasteiger partial charge in [-0.15, -0.1) is 5.10 Å². The van der Waals surface area contributed by atoms with E-state index in [1.807, 2.05) is 13.1 Å². The summed E-state index contributed by atoms with van der Waals surface area (Å²) in [4.78, 5) is 2.13. The molecule has 2 rings (SSSR count). The van der Waals surface area contributed by atoms with Gasteiger partial charge < -0.3 is 4.90 Å². The molecule has 0 aromatic carbocycles. The lowest BCUT2D eigenvalue weighted by Crippen LogP contribution is -2.42. The van der Waals surface area contributed by atoms with Gasteiger partial charge in [-0.25, -0.2) is 9.07 Å². The van der Waals surface area contributed by atoms with Crippen LogP contribution >= 0.6 is 0 Å². The molecule has 0 amide bonds. The fourth-order valence-electron chi connectivity index (χ4n) is 2.07. The second-order valence-electron chi connectivity index (χ2n) is 4.11. The number of alkyl halides is 1. The van der Waals surface area contributed by atoms with Crippen molar-refractivity contribution in [2.45, 2.75) is 32.5 Å². The molecule has 5 heteroatoms. The van der Waals surface area contributed by atoms with Crippen molar-refractivity contribution in [2.75, 3.05) is 19.6 Å². The molecule has 15 heavy (non-hydrogen) atoms. The van der Waals surface area contributed by atoms with Crippen molar-refractivity contribution in [1.29, 1.82) is 0 Å². The zero-order valence-corrected chi connectivity index (χ0v) is 9.23. The van der Waals surface area contributed by atoms with Crippen molar-refractivity contribution in [1.82, 2.24) is 19.9 Å². The van der Waals surface area contributed by atoms with Crippen LogP contribution in [0.3, 0.4) is 0 Å². The minimum Gasteiger partial charge on any atom is -0.301 e. The number of nitrogens with zero attached hydrogens (tertiary/aromatic N) is 4. The number of halogens is 1. The van der Waals surface area contributed by atoms with Crippen LogP contribution in [0.25, 0.3) is 0 Å². The number of hydrogen-bond donors (Lipinski definition) is 0. The molecule has 4 nitrogen and oxygen atoms in total. The fraction of sp³-hybridized carbons (Fsp3) is 0.800. The van der Waals surface area contributed by atoms with Crippen LogP contribution in [0.15, 0.2) is 6.20 Å². The summed E-state index contributed by atoms with van der Waals surface area (Å²) >= 11 is 0. The van der Waals surface area contributed by atoms with E-state index in [2.05, 4.69) is 22.1 Å².